The fraction of sp³-hybridized carbons (Fsp3) is 0.222. The van der Waals surface area contributed by atoms with E-state index in [1.54, 1.807) is 10.9 Å². The maximum absolute atomic E-state index is 5.33. The molecule has 7 heteroatoms. The van der Waals surface area contributed by atoms with Crippen molar-refractivity contribution in [2.75, 3.05) is 10.7 Å². The maximum Gasteiger partial charge on any atom is 0.148 e. The van der Waals surface area contributed by atoms with E-state index < -0.39 is 0 Å². The number of aryl methyl sites for hydroxylation is 1. The van der Waals surface area contributed by atoms with Gasteiger partial charge >= 0.3 is 0 Å². The Hall–Kier alpha value is -2.15. The highest BCUT2D eigenvalue weighted by atomic mass is 15.3. The molecule has 0 fully saturated rings. The summed E-state index contributed by atoms with van der Waals surface area (Å²) in [6.45, 7) is 1.88. The summed E-state index contributed by atoms with van der Waals surface area (Å²) in [5.74, 6) is 6.64. The number of hydrogen-bond acceptors (Lipinski definition) is 6. The van der Waals surface area contributed by atoms with Gasteiger partial charge in [-0.25, -0.2) is 15.8 Å². The Morgan fingerprint density at radius 3 is 2.69 bits per heavy atom. The third-order valence-electron chi connectivity index (χ3n) is 2.19. The van der Waals surface area contributed by atoms with E-state index in [2.05, 4.69) is 25.8 Å². The highest BCUT2D eigenvalue weighted by Crippen LogP contribution is 2.20. The summed E-state index contributed by atoms with van der Waals surface area (Å²) in [5.41, 5.74) is 4.24. The van der Waals surface area contributed by atoms with Crippen molar-refractivity contribution >= 4 is 17.3 Å². The first-order valence-corrected chi connectivity index (χ1v) is 4.74. The molecule has 0 aliphatic rings. The molecule has 0 bridgehead atoms. The first kappa shape index (κ1) is 10.4. The predicted molar refractivity (Wildman–Crippen MR) is 61.1 cm³/mol. The molecule has 0 radical (unpaired) electrons. The molecule has 0 aromatic carbocycles. The summed E-state index contributed by atoms with van der Waals surface area (Å²) in [5, 5.41) is 7.19. The summed E-state index contributed by atoms with van der Waals surface area (Å²) in [4.78, 5) is 8.13. The standard InChI is InChI=1S/C9H13N7/c1-6-8(11-5-12-9(6)15-10)14-7-3-13-16(2)4-7/h3-5H,10H2,1-2H3,(H2,11,12,14,15). The fourth-order valence-electron chi connectivity index (χ4n) is 1.34. The molecule has 2 heterocycles. The smallest absolute Gasteiger partial charge is 0.148 e. The van der Waals surface area contributed by atoms with Crippen molar-refractivity contribution in [3.63, 3.8) is 0 Å². The van der Waals surface area contributed by atoms with Gasteiger partial charge in [-0.3, -0.25) is 4.68 Å². The Bertz CT molecular complexity index is 490. The second kappa shape index (κ2) is 4.15. The quantitative estimate of drug-likeness (QED) is 0.515. The average Bonchev–Trinajstić information content (AvgIpc) is 2.67. The van der Waals surface area contributed by atoms with Crippen LogP contribution < -0.4 is 16.6 Å². The minimum atomic E-state index is 0.599. The number of hydrazine groups is 1. The molecule has 2 rings (SSSR count). The molecule has 0 spiro atoms. The van der Waals surface area contributed by atoms with Crippen LogP contribution in [0.2, 0.25) is 0 Å². The second-order valence-electron chi connectivity index (χ2n) is 3.37. The van der Waals surface area contributed by atoms with Crippen molar-refractivity contribution in [1.82, 2.24) is 19.7 Å². The number of nitrogens with one attached hydrogen (secondary N) is 2. The Labute approximate surface area is 92.7 Å². The van der Waals surface area contributed by atoms with E-state index in [0.29, 0.717) is 11.6 Å². The molecule has 7 nitrogen and oxygen atoms in total. The summed E-state index contributed by atoms with van der Waals surface area (Å²) in [6, 6.07) is 0. The minimum Gasteiger partial charge on any atom is -0.337 e. The summed E-state index contributed by atoms with van der Waals surface area (Å²) < 4.78 is 1.71. The highest BCUT2D eigenvalue weighted by molar-refractivity contribution is 5.62. The normalized spacial score (nSPS) is 10.2. The average molecular weight is 219 g/mol. The van der Waals surface area contributed by atoms with Crippen LogP contribution in [0.4, 0.5) is 17.3 Å². The Morgan fingerprint density at radius 1 is 1.31 bits per heavy atom. The van der Waals surface area contributed by atoms with E-state index in [4.69, 9.17) is 5.84 Å². The molecule has 0 aliphatic heterocycles. The molecule has 84 valence electrons. The van der Waals surface area contributed by atoms with Crippen molar-refractivity contribution < 1.29 is 0 Å². The van der Waals surface area contributed by atoms with E-state index >= 15 is 0 Å². The molecule has 0 saturated heterocycles. The highest BCUT2D eigenvalue weighted by Gasteiger charge is 2.06. The van der Waals surface area contributed by atoms with Crippen LogP contribution in [0.25, 0.3) is 0 Å². The van der Waals surface area contributed by atoms with E-state index in [0.717, 1.165) is 11.3 Å². The fourth-order valence-corrected chi connectivity index (χ4v) is 1.34. The Kier molecular flexibility index (Phi) is 2.69. The first-order valence-electron chi connectivity index (χ1n) is 4.74. The molecule has 0 atom stereocenters. The third-order valence-corrected chi connectivity index (χ3v) is 2.19. The Balaban J connectivity index is 2.28. The third kappa shape index (κ3) is 1.94. The van der Waals surface area contributed by atoms with E-state index in [-0.39, 0.29) is 0 Å². The van der Waals surface area contributed by atoms with Crippen molar-refractivity contribution in [1.29, 1.82) is 0 Å². The van der Waals surface area contributed by atoms with Gasteiger partial charge in [-0.05, 0) is 6.92 Å². The number of nitrogens with zero attached hydrogens (tertiary/aromatic N) is 4. The van der Waals surface area contributed by atoms with Gasteiger partial charge in [0.1, 0.15) is 18.0 Å². The van der Waals surface area contributed by atoms with Crippen LogP contribution in [0.3, 0.4) is 0 Å². The van der Waals surface area contributed by atoms with Crippen molar-refractivity contribution in [2.24, 2.45) is 12.9 Å². The lowest BCUT2D eigenvalue weighted by Crippen LogP contribution is -2.11. The van der Waals surface area contributed by atoms with Gasteiger partial charge in [-0.2, -0.15) is 5.10 Å². The van der Waals surface area contributed by atoms with Crippen molar-refractivity contribution in [2.45, 2.75) is 6.92 Å². The molecule has 0 aliphatic carbocycles. The van der Waals surface area contributed by atoms with Gasteiger partial charge in [0.15, 0.2) is 0 Å². The van der Waals surface area contributed by atoms with Crippen molar-refractivity contribution in [3.05, 3.63) is 24.3 Å². The van der Waals surface area contributed by atoms with Crippen LogP contribution in [0.1, 0.15) is 5.56 Å². The number of hydrogen-bond donors (Lipinski definition) is 3. The zero-order valence-corrected chi connectivity index (χ0v) is 9.10. The molecular weight excluding hydrogens is 206 g/mol. The van der Waals surface area contributed by atoms with Crippen LogP contribution in [-0.4, -0.2) is 19.7 Å². The first-order chi connectivity index (χ1) is 7.70. The number of anilines is 3. The molecular formula is C9H13N7. The molecule has 0 amide bonds. The molecule has 0 unspecified atom stereocenters. The number of aromatic nitrogens is 4. The van der Waals surface area contributed by atoms with E-state index in [9.17, 15) is 0 Å². The Morgan fingerprint density at radius 2 is 2.06 bits per heavy atom. The lowest BCUT2D eigenvalue weighted by atomic mass is 10.3. The van der Waals surface area contributed by atoms with Crippen LogP contribution in [0, 0.1) is 6.92 Å². The van der Waals surface area contributed by atoms with Gasteiger partial charge < -0.3 is 10.7 Å². The van der Waals surface area contributed by atoms with Gasteiger partial charge in [0.2, 0.25) is 0 Å². The number of nitrogen functional groups attached to an aromatic ring is 1. The zero-order chi connectivity index (χ0) is 11.5. The van der Waals surface area contributed by atoms with Crippen LogP contribution in [0.5, 0.6) is 0 Å². The zero-order valence-electron chi connectivity index (χ0n) is 9.10. The van der Waals surface area contributed by atoms with Gasteiger partial charge in [0.25, 0.3) is 0 Å². The van der Waals surface area contributed by atoms with Gasteiger partial charge in [0, 0.05) is 18.8 Å². The predicted octanol–water partition coefficient (Wildman–Crippen LogP) is 0.548. The molecule has 2 aromatic rings. The lowest BCUT2D eigenvalue weighted by Gasteiger charge is -2.08. The molecule has 4 N–H and O–H groups in total. The maximum atomic E-state index is 5.33. The molecule has 2 aromatic heterocycles. The topological polar surface area (TPSA) is 93.7 Å². The van der Waals surface area contributed by atoms with Crippen LogP contribution in [-0.2, 0) is 7.05 Å². The second-order valence-corrected chi connectivity index (χ2v) is 3.37. The SMILES string of the molecule is Cc1c(NN)ncnc1Nc1cnn(C)c1. The monoisotopic (exact) mass is 219 g/mol. The van der Waals surface area contributed by atoms with Crippen molar-refractivity contribution in [3.8, 4) is 0 Å². The summed E-state index contributed by atoms with van der Waals surface area (Å²) in [7, 11) is 1.85. The van der Waals surface area contributed by atoms with Crippen LogP contribution >= 0.6 is 0 Å². The number of rotatable bonds is 3. The van der Waals surface area contributed by atoms with Gasteiger partial charge in [0.05, 0.1) is 11.9 Å². The summed E-state index contributed by atoms with van der Waals surface area (Å²) in [6.07, 6.45) is 5.02. The van der Waals surface area contributed by atoms with Gasteiger partial charge in [-0.1, -0.05) is 0 Å². The molecule has 0 saturated carbocycles. The lowest BCUT2D eigenvalue weighted by molar-refractivity contribution is 0.768. The van der Waals surface area contributed by atoms with Gasteiger partial charge in [-0.15, -0.1) is 0 Å². The van der Waals surface area contributed by atoms with Crippen LogP contribution in [0.15, 0.2) is 18.7 Å². The summed E-state index contributed by atoms with van der Waals surface area (Å²) >= 11 is 0. The largest absolute Gasteiger partial charge is 0.337 e. The van der Waals surface area contributed by atoms with E-state index in [1.807, 2.05) is 20.2 Å². The minimum absolute atomic E-state index is 0.599. The van der Waals surface area contributed by atoms with E-state index in [1.165, 1.54) is 6.33 Å². The molecule has 16 heavy (non-hydrogen) atoms. The number of nitrogens with two attached hydrogens (primary N) is 1.